The Morgan fingerprint density at radius 2 is 2.00 bits per heavy atom. The molecule has 0 aromatic rings. The van der Waals surface area contributed by atoms with E-state index in [1.54, 1.807) is 0 Å². The predicted octanol–water partition coefficient (Wildman–Crippen LogP) is 0.419. The zero-order valence-electron chi connectivity index (χ0n) is 7.21. The first-order valence-electron chi connectivity index (χ1n) is 3.25. The minimum atomic E-state index is -0.627. The quantitative estimate of drug-likeness (QED) is 0.373. The summed E-state index contributed by atoms with van der Waals surface area (Å²) in [4.78, 5) is 21.2. The largest absolute Gasteiger partial charge is 0.466 e. The van der Waals surface area contributed by atoms with E-state index >= 15 is 0 Å². The highest BCUT2D eigenvalue weighted by Gasteiger charge is 2.03. The van der Waals surface area contributed by atoms with Gasteiger partial charge in [0.2, 0.25) is 0 Å². The molecule has 5 nitrogen and oxygen atoms in total. The Morgan fingerprint density at radius 1 is 1.42 bits per heavy atom. The van der Waals surface area contributed by atoms with Gasteiger partial charge in [0.05, 0.1) is 12.7 Å². The summed E-state index contributed by atoms with van der Waals surface area (Å²) in [6.07, 6.45) is 0.406. The van der Waals surface area contributed by atoms with Crippen LogP contribution in [0.1, 0.15) is 6.92 Å². The van der Waals surface area contributed by atoms with E-state index in [2.05, 4.69) is 14.8 Å². The molecule has 0 bridgehead atoms. The summed E-state index contributed by atoms with van der Waals surface area (Å²) in [6, 6.07) is 0. The van der Waals surface area contributed by atoms with Crippen LogP contribution < -0.4 is 5.32 Å². The van der Waals surface area contributed by atoms with Crippen molar-refractivity contribution in [1.82, 2.24) is 5.32 Å². The average molecular weight is 173 g/mol. The Morgan fingerprint density at radius 3 is 2.42 bits per heavy atom. The summed E-state index contributed by atoms with van der Waals surface area (Å²) < 4.78 is 8.82. The predicted molar refractivity (Wildman–Crippen MR) is 41.3 cm³/mol. The minimum absolute atomic E-state index is 0.223. The molecule has 0 aromatic carbocycles. The first kappa shape index (κ1) is 10.5. The van der Waals surface area contributed by atoms with Crippen LogP contribution in [0.5, 0.6) is 0 Å². The average Bonchev–Trinajstić information content (AvgIpc) is 2.11. The van der Waals surface area contributed by atoms with Crippen molar-refractivity contribution in [3.8, 4) is 0 Å². The molecule has 0 fully saturated rings. The topological polar surface area (TPSA) is 64.6 Å². The summed E-state index contributed by atoms with van der Waals surface area (Å²) in [5.41, 5.74) is 0.223. The molecule has 1 N–H and O–H groups in total. The standard InChI is InChI=1S/C7H11NO4/c1-5(6(9)11-3)4-12-7(10)8-2/h4H,1-3H3,(H,8,10). The van der Waals surface area contributed by atoms with Gasteiger partial charge in [0, 0.05) is 7.05 Å². The van der Waals surface area contributed by atoms with Crippen LogP contribution in [-0.2, 0) is 14.3 Å². The lowest BCUT2D eigenvalue weighted by Gasteiger charge is -1.99. The summed E-state index contributed by atoms with van der Waals surface area (Å²) in [7, 11) is 2.67. The molecule has 0 atom stereocenters. The van der Waals surface area contributed by atoms with Crippen LogP contribution in [0.3, 0.4) is 0 Å². The summed E-state index contributed by atoms with van der Waals surface area (Å²) in [6.45, 7) is 1.48. The van der Waals surface area contributed by atoms with Crippen LogP contribution in [0.4, 0.5) is 4.79 Å². The summed E-state index contributed by atoms with van der Waals surface area (Å²) in [5, 5.41) is 2.22. The molecule has 0 heterocycles. The van der Waals surface area contributed by atoms with Crippen LogP contribution in [0.15, 0.2) is 11.8 Å². The van der Waals surface area contributed by atoms with Gasteiger partial charge in [-0.15, -0.1) is 0 Å². The molecule has 5 heteroatoms. The van der Waals surface area contributed by atoms with Crippen molar-refractivity contribution in [2.45, 2.75) is 6.92 Å². The van der Waals surface area contributed by atoms with Crippen molar-refractivity contribution in [3.05, 3.63) is 11.8 Å². The van der Waals surface area contributed by atoms with Gasteiger partial charge in [0.1, 0.15) is 6.26 Å². The van der Waals surface area contributed by atoms with Gasteiger partial charge in [-0.05, 0) is 6.92 Å². The number of carbonyl (C=O) groups excluding carboxylic acids is 2. The molecular formula is C7H11NO4. The second kappa shape index (κ2) is 5.17. The molecule has 0 saturated carbocycles. The molecule has 0 unspecified atom stereocenters. The van der Waals surface area contributed by atoms with Gasteiger partial charge in [-0.3, -0.25) is 0 Å². The van der Waals surface area contributed by atoms with Gasteiger partial charge in [-0.1, -0.05) is 0 Å². The fraction of sp³-hybridized carbons (Fsp3) is 0.429. The highest BCUT2D eigenvalue weighted by Crippen LogP contribution is 1.95. The smallest absolute Gasteiger partial charge is 0.411 e. The van der Waals surface area contributed by atoms with Crippen molar-refractivity contribution < 1.29 is 19.1 Å². The normalized spacial score (nSPS) is 10.4. The van der Waals surface area contributed by atoms with E-state index in [0.717, 1.165) is 6.26 Å². The number of alkyl carbamates (subject to hydrolysis) is 1. The van der Waals surface area contributed by atoms with E-state index in [0.29, 0.717) is 0 Å². The number of methoxy groups -OCH3 is 1. The van der Waals surface area contributed by atoms with Crippen molar-refractivity contribution in [2.75, 3.05) is 14.2 Å². The minimum Gasteiger partial charge on any atom is -0.466 e. The van der Waals surface area contributed by atoms with Crippen LogP contribution in [0.25, 0.3) is 0 Å². The van der Waals surface area contributed by atoms with E-state index < -0.39 is 12.1 Å². The Hall–Kier alpha value is -1.52. The molecule has 0 rings (SSSR count). The van der Waals surface area contributed by atoms with E-state index in [9.17, 15) is 9.59 Å². The van der Waals surface area contributed by atoms with E-state index in [4.69, 9.17) is 0 Å². The van der Waals surface area contributed by atoms with E-state index in [1.165, 1.54) is 21.1 Å². The van der Waals surface area contributed by atoms with Crippen molar-refractivity contribution in [2.24, 2.45) is 0 Å². The van der Waals surface area contributed by atoms with Gasteiger partial charge >= 0.3 is 12.1 Å². The second-order valence-electron chi connectivity index (χ2n) is 1.95. The third-order valence-corrected chi connectivity index (χ3v) is 1.05. The first-order valence-corrected chi connectivity index (χ1v) is 3.25. The lowest BCUT2D eigenvalue weighted by Crippen LogP contribution is -2.17. The number of hydrogen-bond acceptors (Lipinski definition) is 4. The molecular weight excluding hydrogens is 162 g/mol. The Labute approximate surface area is 70.3 Å². The van der Waals surface area contributed by atoms with E-state index in [-0.39, 0.29) is 5.57 Å². The monoisotopic (exact) mass is 173 g/mol. The second-order valence-corrected chi connectivity index (χ2v) is 1.95. The summed E-state index contributed by atoms with van der Waals surface area (Å²) in [5.74, 6) is -0.529. The Balaban J connectivity index is 4.00. The molecule has 12 heavy (non-hydrogen) atoms. The molecule has 68 valence electrons. The van der Waals surface area contributed by atoms with Gasteiger partial charge in [-0.25, -0.2) is 9.59 Å². The van der Waals surface area contributed by atoms with Crippen molar-refractivity contribution >= 4 is 12.1 Å². The maximum absolute atomic E-state index is 10.7. The summed E-state index contributed by atoms with van der Waals surface area (Å²) >= 11 is 0. The molecule has 0 aliphatic rings. The maximum atomic E-state index is 10.7. The van der Waals surface area contributed by atoms with Gasteiger partial charge in [0.25, 0.3) is 0 Å². The number of hydrogen-bond donors (Lipinski definition) is 1. The molecule has 0 radical (unpaired) electrons. The lowest BCUT2D eigenvalue weighted by molar-refractivity contribution is -0.136. The third-order valence-electron chi connectivity index (χ3n) is 1.05. The maximum Gasteiger partial charge on any atom is 0.411 e. The van der Waals surface area contributed by atoms with Crippen LogP contribution >= 0.6 is 0 Å². The van der Waals surface area contributed by atoms with E-state index in [1.807, 2.05) is 0 Å². The number of rotatable bonds is 2. The fourth-order valence-electron chi connectivity index (χ4n) is 0.410. The first-order chi connectivity index (χ1) is 5.61. The number of amides is 1. The Bertz CT molecular complexity index is 209. The lowest BCUT2D eigenvalue weighted by atomic mass is 10.3. The number of carbonyl (C=O) groups is 2. The highest BCUT2D eigenvalue weighted by molar-refractivity contribution is 5.87. The van der Waals surface area contributed by atoms with Crippen LogP contribution in [0.2, 0.25) is 0 Å². The Kier molecular flexibility index (Phi) is 4.52. The molecule has 0 aliphatic heterocycles. The van der Waals surface area contributed by atoms with Crippen molar-refractivity contribution in [1.29, 1.82) is 0 Å². The van der Waals surface area contributed by atoms with Gasteiger partial charge < -0.3 is 14.8 Å². The van der Waals surface area contributed by atoms with Gasteiger partial charge in [0.15, 0.2) is 0 Å². The number of esters is 1. The third kappa shape index (κ3) is 3.60. The van der Waals surface area contributed by atoms with Gasteiger partial charge in [-0.2, -0.15) is 0 Å². The number of nitrogens with one attached hydrogen (secondary N) is 1. The zero-order chi connectivity index (χ0) is 9.56. The SMILES string of the molecule is CNC(=O)OC=C(C)C(=O)OC. The molecule has 0 spiro atoms. The highest BCUT2D eigenvalue weighted by atomic mass is 16.5. The van der Waals surface area contributed by atoms with Crippen LogP contribution in [-0.4, -0.2) is 26.2 Å². The molecule has 0 saturated heterocycles. The molecule has 0 aromatic heterocycles. The molecule has 0 aliphatic carbocycles. The number of ether oxygens (including phenoxy) is 2. The zero-order valence-corrected chi connectivity index (χ0v) is 7.21. The van der Waals surface area contributed by atoms with Crippen LogP contribution in [0, 0.1) is 0 Å². The molecule has 1 amide bonds. The van der Waals surface area contributed by atoms with Crippen molar-refractivity contribution in [3.63, 3.8) is 0 Å². The fourth-order valence-corrected chi connectivity index (χ4v) is 0.410.